The fourth-order valence-corrected chi connectivity index (χ4v) is 3.54. The molecule has 0 bridgehead atoms. The molecule has 1 aromatic heterocycles. The maximum Gasteiger partial charge on any atom is 0.273 e. The van der Waals surface area contributed by atoms with Crippen molar-refractivity contribution < 1.29 is 19.2 Å². The van der Waals surface area contributed by atoms with Crippen LogP contribution in [0.2, 0.25) is 0 Å². The molecule has 1 unspecified atom stereocenters. The number of non-ortho nitro benzene ring substituents is 1. The van der Waals surface area contributed by atoms with Gasteiger partial charge in [-0.2, -0.15) is 4.98 Å². The summed E-state index contributed by atoms with van der Waals surface area (Å²) >= 11 is 0. The van der Waals surface area contributed by atoms with Crippen molar-refractivity contribution in [2.24, 2.45) is 0 Å². The van der Waals surface area contributed by atoms with E-state index in [0.717, 1.165) is 0 Å². The van der Waals surface area contributed by atoms with Gasteiger partial charge in [-0.05, 0) is 25.1 Å². The fraction of sp³-hybridized carbons (Fsp3) is 0.182. The number of aromatic amines is 1. The molecular weight excluding hydrogens is 444 g/mol. The fourth-order valence-electron chi connectivity index (χ4n) is 3.54. The summed E-state index contributed by atoms with van der Waals surface area (Å²) in [6.07, 6.45) is -0.272. The molecule has 1 atom stereocenters. The Morgan fingerprint density at radius 2 is 2.00 bits per heavy atom. The summed E-state index contributed by atoms with van der Waals surface area (Å²) in [5, 5.41) is 19.1. The first-order chi connectivity index (χ1) is 16.4. The number of nitro groups is 1. The largest absolute Gasteiger partial charge is 0.491 e. The number of nitrogens with one attached hydrogen (secondary N) is 4. The molecule has 0 saturated heterocycles. The molecule has 0 spiro atoms. The summed E-state index contributed by atoms with van der Waals surface area (Å²) in [7, 11) is 0. The van der Waals surface area contributed by atoms with Gasteiger partial charge in [0, 0.05) is 18.2 Å². The van der Waals surface area contributed by atoms with Crippen molar-refractivity contribution in [1.82, 2.24) is 9.97 Å². The molecule has 0 aliphatic carbocycles. The number of benzene rings is 2. The normalized spacial score (nSPS) is 14.5. The second-order valence-corrected chi connectivity index (χ2v) is 7.33. The van der Waals surface area contributed by atoms with Gasteiger partial charge in [0.25, 0.3) is 11.2 Å². The lowest BCUT2D eigenvalue weighted by Crippen LogP contribution is -2.36. The van der Waals surface area contributed by atoms with Gasteiger partial charge in [-0.15, -0.1) is 0 Å². The van der Waals surface area contributed by atoms with Crippen molar-refractivity contribution in [2.45, 2.75) is 19.3 Å². The molecule has 12 nitrogen and oxygen atoms in total. The molecule has 1 aliphatic rings. The average Bonchev–Trinajstić information content (AvgIpc) is 2.80. The number of carbonyl (C=O) groups is 2. The van der Waals surface area contributed by atoms with Crippen LogP contribution < -0.4 is 26.2 Å². The van der Waals surface area contributed by atoms with Crippen LogP contribution >= 0.6 is 0 Å². The number of ether oxygens (including phenoxy) is 1. The van der Waals surface area contributed by atoms with Gasteiger partial charge in [-0.1, -0.05) is 18.2 Å². The van der Waals surface area contributed by atoms with Gasteiger partial charge in [-0.3, -0.25) is 29.5 Å². The van der Waals surface area contributed by atoms with E-state index in [-0.39, 0.29) is 47.5 Å². The van der Waals surface area contributed by atoms with Crippen LogP contribution in [0.3, 0.4) is 0 Å². The number of hydrogen-bond donors (Lipinski definition) is 4. The second-order valence-electron chi connectivity index (χ2n) is 7.33. The number of aromatic nitrogens is 2. The number of fused-ring (bicyclic) bond motifs is 1. The zero-order valence-electron chi connectivity index (χ0n) is 18.0. The van der Waals surface area contributed by atoms with E-state index in [4.69, 9.17) is 4.74 Å². The van der Waals surface area contributed by atoms with Crippen LogP contribution in [0.25, 0.3) is 0 Å². The average molecular weight is 464 g/mol. The number of amides is 2. The Bertz CT molecular complexity index is 1320. The molecule has 3 aromatic rings. The van der Waals surface area contributed by atoms with Crippen LogP contribution in [0.15, 0.2) is 53.3 Å². The highest BCUT2D eigenvalue weighted by atomic mass is 16.6. The summed E-state index contributed by atoms with van der Waals surface area (Å²) in [6, 6.07) is 12.7. The Kier molecular flexibility index (Phi) is 6.21. The minimum absolute atomic E-state index is 0.00980. The third-order valence-corrected chi connectivity index (χ3v) is 5.04. The molecule has 174 valence electrons. The number of hydrogen-bond acceptors (Lipinski definition) is 8. The minimum Gasteiger partial charge on any atom is -0.491 e. The quantitative estimate of drug-likeness (QED) is 0.306. The molecule has 2 amide bonds. The van der Waals surface area contributed by atoms with Crippen LogP contribution in [0.4, 0.5) is 28.8 Å². The predicted molar refractivity (Wildman–Crippen MR) is 123 cm³/mol. The first-order valence-corrected chi connectivity index (χ1v) is 10.3. The predicted octanol–water partition coefficient (Wildman–Crippen LogP) is 2.88. The second kappa shape index (κ2) is 9.40. The Balaban J connectivity index is 1.64. The minimum atomic E-state index is -1.13. The molecule has 34 heavy (non-hydrogen) atoms. The highest BCUT2D eigenvalue weighted by Crippen LogP contribution is 2.33. The molecule has 2 heterocycles. The van der Waals surface area contributed by atoms with Crippen LogP contribution in [0.5, 0.6) is 5.75 Å². The van der Waals surface area contributed by atoms with E-state index in [1.807, 2.05) is 6.07 Å². The van der Waals surface area contributed by atoms with Gasteiger partial charge in [0.05, 0.1) is 34.8 Å². The van der Waals surface area contributed by atoms with E-state index in [2.05, 4.69) is 25.9 Å². The number of anilines is 4. The maximum atomic E-state index is 13.1. The molecule has 4 N–H and O–H groups in total. The van der Waals surface area contributed by atoms with Crippen molar-refractivity contribution in [3.05, 3.63) is 74.6 Å². The number of nitro benzene ring substituents is 1. The van der Waals surface area contributed by atoms with Crippen molar-refractivity contribution in [1.29, 1.82) is 0 Å². The van der Waals surface area contributed by atoms with E-state index in [9.17, 15) is 24.5 Å². The molecule has 0 saturated carbocycles. The monoisotopic (exact) mass is 464 g/mol. The number of H-pyrrole nitrogens is 1. The molecule has 0 radical (unpaired) electrons. The first kappa shape index (κ1) is 22.5. The van der Waals surface area contributed by atoms with Gasteiger partial charge in [0.1, 0.15) is 11.6 Å². The van der Waals surface area contributed by atoms with Crippen LogP contribution in [-0.2, 0) is 9.59 Å². The lowest BCUT2D eigenvalue weighted by molar-refractivity contribution is -0.384. The van der Waals surface area contributed by atoms with Crippen LogP contribution in [0, 0.1) is 10.1 Å². The molecule has 0 fully saturated rings. The van der Waals surface area contributed by atoms with Gasteiger partial charge in [0.2, 0.25) is 17.8 Å². The Morgan fingerprint density at radius 3 is 2.71 bits per heavy atom. The summed E-state index contributed by atoms with van der Waals surface area (Å²) in [4.78, 5) is 55.6. The first-order valence-electron chi connectivity index (χ1n) is 10.3. The van der Waals surface area contributed by atoms with E-state index < -0.39 is 28.2 Å². The van der Waals surface area contributed by atoms with E-state index in [0.29, 0.717) is 5.69 Å². The van der Waals surface area contributed by atoms with Gasteiger partial charge < -0.3 is 20.7 Å². The number of para-hydroxylation sites is 1. The van der Waals surface area contributed by atoms with Crippen molar-refractivity contribution in [2.75, 3.05) is 22.6 Å². The lowest BCUT2D eigenvalue weighted by Gasteiger charge is -2.24. The number of nitrogens with zero attached hydrogens (tertiary/aromatic N) is 2. The zero-order valence-corrected chi connectivity index (χ0v) is 18.0. The third kappa shape index (κ3) is 4.70. The van der Waals surface area contributed by atoms with Crippen molar-refractivity contribution in [3.63, 3.8) is 0 Å². The number of carbonyl (C=O) groups excluding carboxylic acids is 2. The SMILES string of the molecule is CCOc1cc([N+](=O)[O-])ccc1NC(=O)C1CC(=O)Nc2nc(Nc3ccccc3)[nH]c(=O)c21. The highest BCUT2D eigenvalue weighted by molar-refractivity contribution is 6.05. The Morgan fingerprint density at radius 1 is 1.24 bits per heavy atom. The summed E-state index contributed by atoms with van der Waals surface area (Å²) in [5.74, 6) is -2.08. The standard InChI is InChI=1S/C22H20N6O6/c1-2-34-16-10-13(28(32)33)8-9-15(16)24-20(30)14-11-17(29)25-19-18(14)21(31)27-22(26-19)23-12-6-4-3-5-7-12/h3-10,14H,2,11H2,1H3,(H,24,30)(H3,23,25,26,27,29,31). The van der Waals surface area contributed by atoms with E-state index in [1.165, 1.54) is 18.2 Å². The molecule has 1 aliphatic heterocycles. The van der Waals surface area contributed by atoms with Crippen molar-refractivity contribution >= 4 is 40.6 Å². The number of rotatable bonds is 7. The molecular formula is C22H20N6O6. The van der Waals surface area contributed by atoms with Crippen LogP contribution in [-0.4, -0.2) is 33.3 Å². The van der Waals surface area contributed by atoms with Crippen molar-refractivity contribution in [3.8, 4) is 5.75 Å². The van der Waals surface area contributed by atoms with E-state index >= 15 is 0 Å². The van der Waals surface area contributed by atoms with Gasteiger partial charge in [-0.25, -0.2) is 0 Å². The Hall–Kier alpha value is -4.74. The topological polar surface area (TPSA) is 168 Å². The smallest absolute Gasteiger partial charge is 0.273 e. The molecule has 4 rings (SSSR count). The summed E-state index contributed by atoms with van der Waals surface area (Å²) < 4.78 is 5.42. The van der Waals surface area contributed by atoms with Gasteiger partial charge in [0.15, 0.2) is 0 Å². The molecule has 12 heteroatoms. The van der Waals surface area contributed by atoms with Gasteiger partial charge >= 0.3 is 0 Å². The highest BCUT2D eigenvalue weighted by Gasteiger charge is 2.35. The summed E-state index contributed by atoms with van der Waals surface area (Å²) in [6.45, 7) is 1.90. The van der Waals surface area contributed by atoms with E-state index in [1.54, 1.807) is 31.2 Å². The third-order valence-electron chi connectivity index (χ3n) is 5.04. The van der Waals surface area contributed by atoms with Crippen LogP contribution in [0.1, 0.15) is 24.8 Å². The molecule has 2 aromatic carbocycles. The Labute approximate surface area is 192 Å². The maximum absolute atomic E-state index is 13.1. The lowest BCUT2D eigenvalue weighted by atomic mass is 9.92. The zero-order chi connectivity index (χ0) is 24.2. The summed E-state index contributed by atoms with van der Waals surface area (Å²) in [5.41, 5.74) is 0.0659.